The smallest absolute Gasteiger partial charge is 0.0300 e. The van der Waals surface area contributed by atoms with Gasteiger partial charge in [0.25, 0.3) is 0 Å². The zero-order valence-electron chi connectivity index (χ0n) is 18.4. The molecule has 146 valence electrons. The van der Waals surface area contributed by atoms with Crippen LogP contribution in [0.4, 0.5) is 0 Å². The fraction of sp³-hybridized carbons (Fsp3) is 1.00. The molecule has 0 rings (SSSR count). The van der Waals surface area contributed by atoms with E-state index in [0.717, 1.165) is 17.8 Å². The van der Waals surface area contributed by atoms with Crippen molar-refractivity contribution in [3.05, 3.63) is 0 Å². The first-order valence-electron chi connectivity index (χ1n) is 11.4. The highest BCUT2D eigenvalue weighted by atomic mass is 14.4. The van der Waals surface area contributed by atoms with E-state index in [1.165, 1.54) is 83.5 Å². The number of rotatable bonds is 16. The summed E-state index contributed by atoms with van der Waals surface area (Å²) in [5.41, 5.74) is 0.579. The van der Waals surface area contributed by atoms with Gasteiger partial charge in [0.1, 0.15) is 0 Å². The second-order valence-corrected chi connectivity index (χ2v) is 9.27. The zero-order chi connectivity index (χ0) is 18.4. The monoisotopic (exact) mass is 338 g/mol. The summed E-state index contributed by atoms with van der Waals surface area (Å²) in [5.74, 6) is 2.70. The summed E-state index contributed by atoms with van der Waals surface area (Å²) in [6.07, 6.45) is 18.6. The maximum Gasteiger partial charge on any atom is -0.0300 e. The normalized spacial score (nSPS) is 17.0. The highest BCUT2D eigenvalue weighted by molar-refractivity contribution is 4.81. The first-order chi connectivity index (χ1) is 11.4. The van der Waals surface area contributed by atoms with E-state index in [1.54, 1.807) is 0 Å². The molecule has 0 spiro atoms. The van der Waals surface area contributed by atoms with E-state index < -0.39 is 0 Å². The van der Waals surface area contributed by atoms with Crippen LogP contribution in [0.25, 0.3) is 0 Å². The maximum absolute atomic E-state index is 2.57. The Hall–Kier alpha value is 0. The van der Waals surface area contributed by atoms with Gasteiger partial charge < -0.3 is 0 Å². The topological polar surface area (TPSA) is 0 Å². The summed E-state index contributed by atoms with van der Waals surface area (Å²) in [6.45, 7) is 16.9. The molecule has 0 bridgehead atoms. The zero-order valence-corrected chi connectivity index (χ0v) is 18.4. The van der Waals surface area contributed by atoms with Gasteiger partial charge in [0.15, 0.2) is 0 Å². The lowest BCUT2D eigenvalue weighted by Crippen LogP contribution is -2.27. The average molecular weight is 339 g/mol. The van der Waals surface area contributed by atoms with Gasteiger partial charge in [-0.05, 0) is 36.0 Å². The molecule has 0 radical (unpaired) electrons. The first kappa shape index (κ1) is 24.0. The third-order valence-electron chi connectivity index (χ3n) is 6.68. The Morgan fingerprint density at radius 2 is 1.25 bits per heavy atom. The van der Waals surface area contributed by atoms with Crippen molar-refractivity contribution in [2.24, 2.45) is 23.2 Å². The van der Waals surface area contributed by atoms with E-state index in [9.17, 15) is 0 Å². The van der Waals surface area contributed by atoms with Gasteiger partial charge >= 0.3 is 0 Å². The van der Waals surface area contributed by atoms with Gasteiger partial charge in [-0.15, -0.1) is 0 Å². The van der Waals surface area contributed by atoms with Crippen LogP contribution in [0.15, 0.2) is 0 Å². The lowest BCUT2D eigenvalue weighted by molar-refractivity contribution is 0.127. The van der Waals surface area contributed by atoms with Gasteiger partial charge in [0.05, 0.1) is 0 Å². The first-order valence-corrected chi connectivity index (χ1v) is 11.4. The average Bonchev–Trinajstić information content (AvgIpc) is 2.57. The van der Waals surface area contributed by atoms with Crippen molar-refractivity contribution in [3.63, 3.8) is 0 Å². The van der Waals surface area contributed by atoms with Crippen LogP contribution in [0.3, 0.4) is 0 Å². The van der Waals surface area contributed by atoms with Crippen LogP contribution < -0.4 is 0 Å². The molecule has 0 aliphatic carbocycles. The molecule has 0 heterocycles. The Morgan fingerprint density at radius 1 is 0.708 bits per heavy atom. The van der Waals surface area contributed by atoms with Gasteiger partial charge in [-0.2, -0.15) is 0 Å². The van der Waals surface area contributed by atoms with Crippen molar-refractivity contribution in [1.82, 2.24) is 0 Å². The highest BCUT2D eigenvalue weighted by Gasteiger charge is 2.30. The van der Waals surface area contributed by atoms with Crippen LogP contribution in [0.1, 0.15) is 132 Å². The van der Waals surface area contributed by atoms with E-state index >= 15 is 0 Å². The van der Waals surface area contributed by atoms with Crippen LogP contribution in [0.2, 0.25) is 0 Å². The van der Waals surface area contributed by atoms with Gasteiger partial charge in [-0.25, -0.2) is 0 Å². The lowest BCUT2D eigenvalue weighted by atomic mass is 9.67. The van der Waals surface area contributed by atoms with Crippen molar-refractivity contribution >= 4 is 0 Å². The summed E-state index contributed by atoms with van der Waals surface area (Å²) >= 11 is 0. The molecule has 0 amide bonds. The standard InChI is InChI=1S/C24H50/c1-8-22(6)18-16-14-12-11-13-15-17-19-24(7,10-3)23(9-2)20-21(4)5/h21-23H,8-20H2,1-7H3. The Labute approximate surface area is 155 Å². The molecule has 0 heteroatoms. The maximum atomic E-state index is 2.57. The molecule has 3 atom stereocenters. The Bertz CT molecular complexity index is 267. The van der Waals surface area contributed by atoms with E-state index in [-0.39, 0.29) is 0 Å². The van der Waals surface area contributed by atoms with Gasteiger partial charge in [0.2, 0.25) is 0 Å². The third-order valence-corrected chi connectivity index (χ3v) is 6.68. The molecule has 0 aromatic carbocycles. The van der Waals surface area contributed by atoms with Gasteiger partial charge in [-0.3, -0.25) is 0 Å². The Balaban J connectivity index is 3.82. The van der Waals surface area contributed by atoms with Crippen LogP contribution in [-0.4, -0.2) is 0 Å². The second kappa shape index (κ2) is 14.2. The van der Waals surface area contributed by atoms with Crippen LogP contribution >= 0.6 is 0 Å². The molecule has 0 fully saturated rings. The molecule has 0 aliphatic rings. The minimum Gasteiger partial charge on any atom is -0.0651 e. The lowest BCUT2D eigenvalue weighted by Gasteiger charge is -2.38. The predicted molar refractivity (Wildman–Crippen MR) is 113 cm³/mol. The molecule has 0 aromatic rings. The molecule has 0 aromatic heterocycles. The van der Waals surface area contributed by atoms with Crippen molar-refractivity contribution in [2.45, 2.75) is 132 Å². The summed E-state index contributed by atoms with van der Waals surface area (Å²) in [4.78, 5) is 0. The van der Waals surface area contributed by atoms with Crippen molar-refractivity contribution in [3.8, 4) is 0 Å². The van der Waals surface area contributed by atoms with Gasteiger partial charge in [0, 0.05) is 0 Å². The van der Waals surface area contributed by atoms with Crippen molar-refractivity contribution in [2.75, 3.05) is 0 Å². The number of hydrogen-bond donors (Lipinski definition) is 0. The van der Waals surface area contributed by atoms with Gasteiger partial charge in [-0.1, -0.05) is 119 Å². The molecular weight excluding hydrogens is 288 g/mol. The SMILES string of the molecule is CCC(C)CCCCCCCCCC(C)(CC)C(CC)CC(C)C. The minimum atomic E-state index is 0.579. The summed E-state index contributed by atoms with van der Waals surface area (Å²) in [6, 6.07) is 0. The van der Waals surface area contributed by atoms with Crippen molar-refractivity contribution < 1.29 is 0 Å². The van der Waals surface area contributed by atoms with E-state index in [0.29, 0.717) is 5.41 Å². The highest BCUT2D eigenvalue weighted by Crippen LogP contribution is 2.41. The molecule has 0 N–H and O–H groups in total. The third kappa shape index (κ3) is 10.8. The molecule has 0 saturated heterocycles. The molecule has 0 nitrogen and oxygen atoms in total. The van der Waals surface area contributed by atoms with E-state index in [4.69, 9.17) is 0 Å². The number of hydrogen-bond acceptors (Lipinski definition) is 0. The van der Waals surface area contributed by atoms with Crippen LogP contribution in [0, 0.1) is 23.2 Å². The summed E-state index contributed by atoms with van der Waals surface area (Å²) < 4.78 is 0. The Kier molecular flexibility index (Phi) is 14.2. The van der Waals surface area contributed by atoms with Crippen LogP contribution in [-0.2, 0) is 0 Å². The fourth-order valence-electron chi connectivity index (χ4n) is 4.29. The summed E-state index contributed by atoms with van der Waals surface area (Å²) in [7, 11) is 0. The fourth-order valence-corrected chi connectivity index (χ4v) is 4.29. The van der Waals surface area contributed by atoms with E-state index in [1.807, 2.05) is 0 Å². The molecule has 3 unspecified atom stereocenters. The molecule has 0 aliphatic heterocycles. The molecule has 24 heavy (non-hydrogen) atoms. The largest absolute Gasteiger partial charge is 0.0651 e. The van der Waals surface area contributed by atoms with Crippen molar-refractivity contribution in [1.29, 1.82) is 0 Å². The number of unbranched alkanes of at least 4 members (excludes halogenated alkanes) is 6. The predicted octanol–water partition coefficient (Wildman–Crippen LogP) is 9.03. The molecular formula is C24H50. The molecule has 0 saturated carbocycles. The minimum absolute atomic E-state index is 0.579. The summed E-state index contributed by atoms with van der Waals surface area (Å²) in [5, 5.41) is 0. The Morgan fingerprint density at radius 3 is 1.71 bits per heavy atom. The van der Waals surface area contributed by atoms with Crippen LogP contribution in [0.5, 0.6) is 0 Å². The quantitative estimate of drug-likeness (QED) is 0.246. The second-order valence-electron chi connectivity index (χ2n) is 9.27. The van der Waals surface area contributed by atoms with E-state index in [2.05, 4.69) is 48.5 Å².